The highest BCUT2D eigenvalue weighted by Crippen LogP contribution is 2.42. The second-order valence-corrected chi connectivity index (χ2v) is 11.4. The quantitative estimate of drug-likeness (QED) is 0.437. The maximum absolute atomic E-state index is 11.3. The molecule has 21 heavy (non-hydrogen) atoms. The predicted octanol–water partition coefficient (Wildman–Crippen LogP) is 4.62. The summed E-state index contributed by atoms with van der Waals surface area (Å²) in [7, 11) is -0.403. The van der Waals surface area contributed by atoms with Crippen LogP contribution in [0, 0.1) is 0 Å². The Morgan fingerprint density at radius 3 is 2.33 bits per heavy atom. The molecule has 0 radical (unpaired) electrons. The van der Waals surface area contributed by atoms with E-state index in [4.69, 9.17) is 9.16 Å². The molecule has 0 aliphatic rings. The molecule has 0 amide bonds. The van der Waals surface area contributed by atoms with Crippen molar-refractivity contribution in [2.75, 3.05) is 7.11 Å². The third-order valence-corrected chi connectivity index (χ3v) is 8.45. The lowest BCUT2D eigenvalue weighted by molar-refractivity contribution is 0.112. The van der Waals surface area contributed by atoms with Crippen molar-refractivity contribution in [1.82, 2.24) is 0 Å². The van der Waals surface area contributed by atoms with Crippen molar-refractivity contribution in [3.63, 3.8) is 0 Å². The fourth-order valence-electron chi connectivity index (χ4n) is 1.77. The zero-order chi connectivity index (χ0) is 16.3. The minimum Gasteiger partial charge on any atom is -0.541 e. The van der Waals surface area contributed by atoms with E-state index < -0.39 is 8.32 Å². The highest BCUT2D eigenvalue weighted by Gasteiger charge is 2.40. The van der Waals surface area contributed by atoms with Gasteiger partial charge in [0.05, 0.1) is 7.11 Å². The summed E-state index contributed by atoms with van der Waals surface area (Å²) in [6.07, 6.45) is 3.21. The maximum atomic E-state index is 11.3. The minimum absolute atomic E-state index is 0.0701. The van der Waals surface area contributed by atoms with Crippen LogP contribution in [-0.4, -0.2) is 21.7 Å². The van der Waals surface area contributed by atoms with E-state index in [1.165, 1.54) is 0 Å². The van der Waals surface area contributed by atoms with Gasteiger partial charge >= 0.3 is 0 Å². The molecular formula is C17H26O3Si. The van der Waals surface area contributed by atoms with Gasteiger partial charge in [0.15, 0.2) is 11.5 Å². The van der Waals surface area contributed by atoms with Crippen molar-refractivity contribution >= 4 is 14.6 Å². The zero-order valence-corrected chi connectivity index (χ0v) is 14.9. The summed E-state index contributed by atoms with van der Waals surface area (Å²) in [5.41, 5.74) is 1.48. The van der Waals surface area contributed by atoms with Crippen LogP contribution in [0.15, 0.2) is 24.8 Å². The van der Waals surface area contributed by atoms with Gasteiger partial charge in [-0.1, -0.05) is 26.8 Å². The topological polar surface area (TPSA) is 35.5 Å². The summed E-state index contributed by atoms with van der Waals surface area (Å²) < 4.78 is 11.9. The summed E-state index contributed by atoms with van der Waals surface area (Å²) in [6.45, 7) is 14.7. The molecule has 116 valence electrons. The summed E-state index contributed by atoms with van der Waals surface area (Å²) >= 11 is 0. The molecular weight excluding hydrogens is 280 g/mol. The average Bonchev–Trinajstić information content (AvgIpc) is 2.39. The maximum Gasteiger partial charge on any atom is 0.250 e. The van der Waals surface area contributed by atoms with E-state index in [9.17, 15) is 4.79 Å². The lowest BCUT2D eigenvalue weighted by Crippen LogP contribution is -2.44. The molecule has 0 aromatic heterocycles. The van der Waals surface area contributed by atoms with E-state index in [-0.39, 0.29) is 5.04 Å². The largest absolute Gasteiger partial charge is 0.541 e. The third-order valence-electron chi connectivity index (χ3n) is 4.12. The molecule has 1 aromatic rings. The molecule has 0 aliphatic carbocycles. The van der Waals surface area contributed by atoms with E-state index >= 15 is 0 Å². The summed E-state index contributed by atoms with van der Waals surface area (Å²) in [5, 5.41) is 0.0701. The van der Waals surface area contributed by atoms with E-state index in [2.05, 4.69) is 40.4 Å². The normalized spacial score (nSPS) is 11.9. The van der Waals surface area contributed by atoms with Crippen LogP contribution in [0.2, 0.25) is 18.1 Å². The van der Waals surface area contributed by atoms with Crippen molar-refractivity contribution in [1.29, 1.82) is 0 Å². The van der Waals surface area contributed by atoms with Crippen LogP contribution in [0.5, 0.6) is 11.5 Å². The first-order chi connectivity index (χ1) is 9.67. The van der Waals surface area contributed by atoms with Crippen molar-refractivity contribution in [2.45, 2.75) is 45.3 Å². The lowest BCUT2D eigenvalue weighted by Gasteiger charge is -2.37. The molecule has 0 fully saturated rings. The van der Waals surface area contributed by atoms with Crippen molar-refractivity contribution in [3.8, 4) is 11.5 Å². The monoisotopic (exact) mass is 306 g/mol. The summed E-state index contributed by atoms with van der Waals surface area (Å²) in [4.78, 5) is 11.3. The molecule has 1 aromatic carbocycles. The fourth-order valence-corrected chi connectivity index (χ4v) is 2.81. The van der Waals surface area contributed by atoms with Gasteiger partial charge in [-0.05, 0) is 36.7 Å². The highest BCUT2D eigenvalue weighted by atomic mass is 28.4. The molecule has 0 atom stereocenters. The summed E-state index contributed by atoms with van der Waals surface area (Å²) in [6, 6.07) is 3.56. The van der Waals surface area contributed by atoms with E-state index in [0.717, 1.165) is 11.8 Å². The Labute approximate surface area is 129 Å². The first kappa shape index (κ1) is 17.5. The van der Waals surface area contributed by atoms with Gasteiger partial charge in [-0.3, -0.25) is 4.79 Å². The van der Waals surface area contributed by atoms with Crippen molar-refractivity contribution < 1.29 is 14.0 Å². The Balaban J connectivity index is 3.44. The van der Waals surface area contributed by atoms with Crippen molar-refractivity contribution in [3.05, 3.63) is 35.9 Å². The Morgan fingerprint density at radius 2 is 1.90 bits per heavy atom. The molecule has 0 saturated carbocycles. The molecule has 0 unspecified atom stereocenters. The molecule has 4 heteroatoms. The molecule has 0 saturated heterocycles. The second kappa shape index (κ2) is 6.48. The third kappa shape index (κ3) is 3.76. The van der Waals surface area contributed by atoms with Gasteiger partial charge in [0.25, 0.3) is 8.32 Å². The molecule has 0 spiro atoms. The zero-order valence-electron chi connectivity index (χ0n) is 13.9. The molecule has 0 heterocycles. The molecule has 0 N–H and O–H groups in total. The Kier molecular flexibility index (Phi) is 5.40. The van der Waals surface area contributed by atoms with Gasteiger partial charge < -0.3 is 9.16 Å². The first-order valence-electron chi connectivity index (χ1n) is 7.13. The van der Waals surface area contributed by atoms with Gasteiger partial charge in [-0.15, -0.1) is 6.58 Å². The number of methoxy groups -OCH3 is 1. The number of ether oxygens (including phenoxy) is 1. The van der Waals surface area contributed by atoms with Gasteiger partial charge in [0, 0.05) is 11.1 Å². The van der Waals surface area contributed by atoms with Gasteiger partial charge in [-0.25, -0.2) is 0 Å². The Hall–Kier alpha value is -1.55. The standard InChI is InChI=1S/C17H26O3Si/c1-8-9-14-13(12-18)10-11-15(19-5)16(14)20-21(6,7)17(2,3)4/h8,10-12H,1,9H2,2-7H3. The second-order valence-electron chi connectivity index (χ2n) is 6.64. The van der Waals surface area contributed by atoms with Crippen LogP contribution in [0.4, 0.5) is 0 Å². The number of hydrogen-bond donors (Lipinski definition) is 0. The molecule has 0 bridgehead atoms. The smallest absolute Gasteiger partial charge is 0.250 e. The number of benzene rings is 1. The van der Waals surface area contributed by atoms with Crippen LogP contribution in [0.1, 0.15) is 36.7 Å². The lowest BCUT2D eigenvalue weighted by atomic mass is 10.0. The predicted molar refractivity (Wildman–Crippen MR) is 90.1 cm³/mol. The number of rotatable bonds is 6. The fraction of sp³-hybridized carbons (Fsp3) is 0.471. The van der Waals surface area contributed by atoms with Gasteiger partial charge in [0.1, 0.15) is 6.29 Å². The summed E-state index contributed by atoms with van der Waals surface area (Å²) in [5.74, 6) is 1.36. The average molecular weight is 306 g/mol. The van der Waals surface area contributed by atoms with Crippen LogP contribution in [0.3, 0.4) is 0 Å². The first-order valence-corrected chi connectivity index (χ1v) is 10.0. The highest BCUT2D eigenvalue weighted by molar-refractivity contribution is 6.74. The number of allylic oxidation sites excluding steroid dienone is 1. The number of hydrogen-bond acceptors (Lipinski definition) is 3. The SMILES string of the molecule is C=CCc1c(C=O)ccc(OC)c1O[Si](C)(C)C(C)(C)C. The molecule has 0 aliphatic heterocycles. The Morgan fingerprint density at radius 1 is 1.29 bits per heavy atom. The van der Waals surface area contributed by atoms with E-state index in [0.29, 0.717) is 23.5 Å². The number of aldehydes is 1. The van der Waals surface area contributed by atoms with Crippen LogP contribution < -0.4 is 9.16 Å². The van der Waals surface area contributed by atoms with Crippen LogP contribution >= 0.6 is 0 Å². The van der Waals surface area contributed by atoms with E-state index in [1.54, 1.807) is 25.3 Å². The van der Waals surface area contributed by atoms with Gasteiger partial charge in [0.2, 0.25) is 0 Å². The van der Waals surface area contributed by atoms with Crippen LogP contribution in [0.25, 0.3) is 0 Å². The van der Waals surface area contributed by atoms with Crippen molar-refractivity contribution in [2.24, 2.45) is 0 Å². The molecule has 1 rings (SSSR count). The Bertz CT molecular complexity index is 528. The minimum atomic E-state index is -2.02. The molecule has 3 nitrogen and oxygen atoms in total. The van der Waals surface area contributed by atoms with Crippen LogP contribution in [-0.2, 0) is 6.42 Å². The van der Waals surface area contributed by atoms with E-state index in [1.807, 2.05) is 0 Å². The van der Waals surface area contributed by atoms with Gasteiger partial charge in [-0.2, -0.15) is 0 Å². The number of carbonyl (C=O) groups is 1. The number of carbonyl (C=O) groups excluding carboxylic acids is 1.